The molecule has 4 unspecified atom stereocenters. The van der Waals surface area contributed by atoms with Gasteiger partial charge >= 0.3 is 0 Å². The van der Waals surface area contributed by atoms with Crippen LogP contribution in [0.15, 0.2) is 17.1 Å². The Balaban J connectivity index is 2.73. The van der Waals surface area contributed by atoms with Crippen molar-refractivity contribution >= 4 is 6.21 Å². The van der Waals surface area contributed by atoms with E-state index in [1.165, 1.54) is 44.9 Å². The van der Waals surface area contributed by atoms with Gasteiger partial charge in [0.25, 0.3) is 0 Å². The SMILES string of the molecule is CCCC1C=CCCCC(C)N=CCC(C)C(CC)C1. The molecule has 0 bridgehead atoms. The molecule has 0 aliphatic carbocycles. The molecular formula is C19H35N. The molecule has 20 heavy (non-hydrogen) atoms. The molecular weight excluding hydrogens is 242 g/mol. The largest absolute Gasteiger partial charge is 0.294 e. The third kappa shape index (κ3) is 6.72. The Hall–Kier alpha value is -0.590. The summed E-state index contributed by atoms with van der Waals surface area (Å²) in [5, 5.41) is 0. The van der Waals surface area contributed by atoms with Gasteiger partial charge < -0.3 is 0 Å². The Morgan fingerprint density at radius 2 is 2.00 bits per heavy atom. The van der Waals surface area contributed by atoms with Crippen LogP contribution in [0.1, 0.15) is 79.1 Å². The van der Waals surface area contributed by atoms with Gasteiger partial charge in [0.2, 0.25) is 0 Å². The first kappa shape index (κ1) is 17.5. The summed E-state index contributed by atoms with van der Waals surface area (Å²) in [7, 11) is 0. The second-order valence-corrected chi connectivity index (χ2v) is 6.71. The molecule has 1 heteroatoms. The molecule has 0 N–H and O–H groups in total. The van der Waals surface area contributed by atoms with Crippen molar-refractivity contribution in [2.45, 2.75) is 85.1 Å². The van der Waals surface area contributed by atoms with Crippen LogP contribution in [0.5, 0.6) is 0 Å². The molecule has 0 saturated carbocycles. The number of allylic oxidation sites excluding steroid dienone is 2. The van der Waals surface area contributed by atoms with Crippen molar-refractivity contribution in [1.29, 1.82) is 0 Å². The topological polar surface area (TPSA) is 12.4 Å². The summed E-state index contributed by atoms with van der Waals surface area (Å²) in [5.41, 5.74) is 0. The van der Waals surface area contributed by atoms with Gasteiger partial charge in [-0.1, -0.05) is 45.8 Å². The lowest BCUT2D eigenvalue weighted by Gasteiger charge is -2.25. The number of nitrogens with zero attached hydrogens (tertiary/aromatic N) is 1. The van der Waals surface area contributed by atoms with Crippen molar-refractivity contribution < 1.29 is 0 Å². The monoisotopic (exact) mass is 277 g/mol. The van der Waals surface area contributed by atoms with Crippen LogP contribution in [0.25, 0.3) is 0 Å². The van der Waals surface area contributed by atoms with E-state index in [1.807, 2.05) is 0 Å². The van der Waals surface area contributed by atoms with Gasteiger partial charge in [-0.2, -0.15) is 0 Å². The third-order valence-electron chi connectivity index (χ3n) is 4.83. The fraction of sp³-hybridized carbons (Fsp3) is 0.842. The van der Waals surface area contributed by atoms with Crippen molar-refractivity contribution in [3.05, 3.63) is 12.2 Å². The maximum absolute atomic E-state index is 4.71. The van der Waals surface area contributed by atoms with Crippen LogP contribution in [-0.4, -0.2) is 12.3 Å². The summed E-state index contributed by atoms with van der Waals surface area (Å²) in [6.07, 6.45) is 17.4. The van der Waals surface area contributed by atoms with Gasteiger partial charge in [-0.05, 0) is 69.4 Å². The lowest BCUT2D eigenvalue weighted by Crippen LogP contribution is -2.15. The molecule has 0 saturated heterocycles. The van der Waals surface area contributed by atoms with Crippen molar-refractivity contribution in [2.24, 2.45) is 22.7 Å². The average Bonchev–Trinajstić information content (AvgIpc) is 2.44. The van der Waals surface area contributed by atoms with Crippen molar-refractivity contribution in [2.75, 3.05) is 0 Å². The molecule has 116 valence electrons. The summed E-state index contributed by atoms with van der Waals surface area (Å²) in [5.74, 6) is 2.41. The molecule has 0 radical (unpaired) electrons. The zero-order valence-corrected chi connectivity index (χ0v) is 14.1. The van der Waals surface area contributed by atoms with Gasteiger partial charge in [-0.3, -0.25) is 4.99 Å². The minimum Gasteiger partial charge on any atom is -0.294 e. The quantitative estimate of drug-likeness (QED) is 0.557. The summed E-state index contributed by atoms with van der Waals surface area (Å²) >= 11 is 0. The number of rotatable bonds is 3. The van der Waals surface area contributed by atoms with E-state index in [0.29, 0.717) is 6.04 Å². The Bertz CT molecular complexity index is 292. The molecule has 0 fully saturated rings. The normalized spacial score (nSPS) is 33.2. The van der Waals surface area contributed by atoms with E-state index in [-0.39, 0.29) is 0 Å². The summed E-state index contributed by atoms with van der Waals surface area (Å²) in [6, 6.07) is 0.503. The van der Waals surface area contributed by atoms with Crippen molar-refractivity contribution in [1.82, 2.24) is 0 Å². The molecule has 1 rings (SSSR count). The van der Waals surface area contributed by atoms with Crippen LogP contribution in [0, 0.1) is 17.8 Å². The fourth-order valence-corrected chi connectivity index (χ4v) is 3.35. The van der Waals surface area contributed by atoms with Crippen LogP contribution < -0.4 is 0 Å². The van der Waals surface area contributed by atoms with Crippen molar-refractivity contribution in [3.8, 4) is 0 Å². The lowest BCUT2D eigenvalue weighted by molar-refractivity contribution is 0.294. The average molecular weight is 277 g/mol. The number of hydrogen-bond acceptors (Lipinski definition) is 1. The van der Waals surface area contributed by atoms with Crippen LogP contribution in [0.3, 0.4) is 0 Å². The predicted molar refractivity (Wildman–Crippen MR) is 91.5 cm³/mol. The minimum absolute atomic E-state index is 0.503. The maximum atomic E-state index is 4.71. The van der Waals surface area contributed by atoms with Crippen LogP contribution in [-0.2, 0) is 0 Å². The van der Waals surface area contributed by atoms with E-state index < -0.39 is 0 Å². The molecule has 1 aliphatic heterocycles. The first-order chi connectivity index (χ1) is 9.67. The van der Waals surface area contributed by atoms with Crippen LogP contribution >= 0.6 is 0 Å². The Morgan fingerprint density at radius 3 is 2.70 bits per heavy atom. The summed E-state index contributed by atoms with van der Waals surface area (Å²) < 4.78 is 0. The molecule has 1 heterocycles. The molecule has 4 atom stereocenters. The zero-order chi connectivity index (χ0) is 14.8. The lowest BCUT2D eigenvalue weighted by atomic mass is 9.80. The van der Waals surface area contributed by atoms with Gasteiger partial charge in [0, 0.05) is 6.04 Å². The second kappa shape index (κ2) is 10.2. The van der Waals surface area contributed by atoms with E-state index in [9.17, 15) is 0 Å². The zero-order valence-electron chi connectivity index (χ0n) is 14.1. The Morgan fingerprint density at radius 1 is 1.20 bits per heavy atom. The number of hydrogen-bond donors (Lipinski definition) is 0. The molecule has 0 aromatic heterocycles. The number of aliphatic imine (C=N–C) groups is 1. The van der Waals surface area contributed by atoms with Gasteiger partial charge in [0.15, 0.2) is 0 Å². The highest BCUT2D eigenvalue weighted by molar-refractivity contribution is 5.57. The molecule has 0 aromatic rings. The maximum Gasteiger partial charge on any atom is 0.0467 e. The molecule has 0 aromatic carbocycles. The second-order valence-electron chi connectivity index (χ2n) is 6.71. The van der Waals surface area contributed by atoms with E-state index in [0.717, 1.165) is 24.2 Å². The highest BCUT2D eigenvalue weighted by atomic mass is 14.7. The van der Waals surface area contributed by atoms with Crippen LogP contribution in [0.4, 0.5) is 0 Å². The molecule has 0 spiro atoms. The smallest absolute Gasteiger partial charge is 0.0467 e. The summed E-state index contributed by atoms with van der Waals surface area (Å²) in [4.78, 5) is 4.71. The van der Waals surface area contributed by atoms with Crippen LogP contribution in [0.2, 0.25) is 0 Å². The predicted octanol–water partition coefficient (Wildman–Crippen LogP) is 6.04. The van der Waals surface area contributed by atoms with Gasteiger partial charge in [-0.25, -0.2) is 0 Å². The van der Waals surface area contributed by atoms with E-state index in [4.69, 9.17) is 4.99 Å². The highest BCUT2D eigenvalue weighted by Gasteiger charge is 2.18. The van der Waals surface area contributed by atoms with E-state index in [2.05, 4.69) is 46.1 Å². The van der Waals surface area contributed by atoms with E-state index >= 15 is 0 Å². The van der Waals surface area contributed by atoms with E-state index in [1.54, 1.807) is 0 Å². The fourth-order valence-electron chi connectivity index (χ4n) is 3.35. The standard InChI is InChI=1S/C19H35N/c1-5-10-18-12-9-7-8-11-17(4)20-14-13-16(3)19(6-2)15-18/h9,12,14,16-19H,5-8,10-11,13,15H2,1-4H3. The molecule has 1 nitrogen and oxygen atoms in total. The highest BCUT2D eigenvalue weighted by Crippen LogP contribution is 2.29. The molecule has 0 amide bonds. The minimum atomic E-state index is 0.503. The van der Waals surface area contributed by atoms with Gasteiger partial charge in [0.1, 0.15) is 0 Å². The Kier molecular flexibility index (Phi) is 8.89. The molecule has 1 aliphatic rings. The summed E-state index contributed by atoms with van der Waals surface area (Å²) in [6.45, 7) is 9.33. The Labute approximate surface area is 127 Å². The van der Waals surface area contributed by atoms with Gasteiger partial charge in [-0.15, -0.1) is 0 Å². The van der Waals surface area contributed by atoms with Gasteiger partial charge in [0.05, 0.1) is 0 Å². The third-order valence-corrected chi connectivity index (χ3v) is 4.83. The van der Waals surface area contributed by atoms with Crippen molar-refractivity contribution in [3.63, 3.8) is 0 Å². The first-order valence-electron chi connectivity index (χ1n) is 8.85. The first-order valence-corrected chi connectivity index (χ1v) is 8.85.